The van der Waals surface area contributed by atoms with Gasteiger partial charge in [-0.3, -0.25) is 9.13 Å². The fourth-order valence-electron chi connectivity index (χ4n) is 8.36. The first-order valence-corrected chi connectivity index (χ1v) is 22.1. The van der Waals surface area contributed by atoms with E-state index in [1.807, 2.05) is 45.5 Å². The van der Waals surface area contributed by atoms with Gasteiger partial charge in [0, 0.05) is 60.3 Å². The number of hydrogen-bond acceptors (Lipinski definition) is 11. The summed E-state index contributed by atoms with van der Waals surface area (Å²) in [6.07, 6.45) is 15.5. The molecule has 0 atom stereocenters. The summed E-state index contributed by atoms with van der Waals surface area (Å²) in [4.78, 5) is 37.4. The van der Waals surface area contributed by atoms with E-state index in [2.05, 4.69) is 51.3 Å². The van der Waals surface area contributed by atoms with Crippen LogP contribution in [0.25, 0.3) is 62.8 Å². The summed E-state index contributed by atoms with van der Waals surface area (Å²) in [5.41, 5.74) is 6.17. The summed E-state index contributed by atoms with van der Waals surface area (Å²) < 4.78 is 31.0. The number of anilines is 2. The van der Waals surface area contributed by atoms with Gasteiger partial charge < -0.3 is 16.0 Å². The van der Waals surface area contributed by atoms with Crippen LogP contribution in [0.2, 0.25) is 0 Å². The minimum Gasteiger partial charge on any atom is -0.351 e. The van der Waals surface area contributed by atoms with Gasteiger partial charge in [-0.2, -0.15) is 9.97 Å². The fraction of sp³-hybridized carbons (Fsp3) is 0.306. The van der Waals surface area contributed by atoms with Crippen molar-refractivity contribution in [1.82, 2.24) is 54.3 Å². The van der Waals surface area contributed by atoms with Gasteiger partial charge in [-0.05, 0) is 117 Å². The van der Waals surface area contributed by atoms with E-state index in [1.54, 1.807) is 42.7 Å². The lowest BCUT2D eigenvalue weighted by atomic mass is 10.2. The Kier molecular flexibility index (Phi) is 12.7. The van der Waals surface area contributed by atoms with Crippen LogP contribution < -0.4 is 16.0 Å². The first-order chi connectivity index (χ1) is 31.3. The van der Waals surface area contributed by atoms with E-state index >= 15 is 0 Å². The van der Waals surface area contributed by atoms with Gasteiger partial charge >= 0.3 is 0 Å². The normalized spacial score (nSPS) is 14.3. The Labute approximate surface area is 370 Å². The van der Waals surface area contributed by atoms with Crippen LogP contribution in [0, 0.1) is 11.6 Å². The average Bonchev–Trinajstić information content (AvgIpc) is 4.14. The second-order valence-electron chi connectivity index (χ2n) is 16.6. The van der Waals surface area contributed by atoms with Crippen molar-refractivity contribution in [2.24, 2.45) is 0 Å². The van der Waals surface area contributed by atoms with E-state index < -0.39 is 0 Å². The quantitative estimate of drug-likeness (QED) is 0.102. The summed E-state index contributed by atoms with van der Waals surface area (Å²) in [5, 5.41) is 10.3. The predicted octanol–water partition coefficient (Wildman–Crippen LogP) is 9.93. The highest BCUT2D eigenvalue weighted by Crippen LogP contribution is 2.31. The number of halogens is 2. The van der Waals surface area contributed by atoms with E-state index in [9.17, 15) is 8.78 Å². The highest BCUT2D eigenvalue weighted by atomic mass is 19.1. The van der Waals surface area contributed by atoms with Crippen LogP contribution in [0.15, 0.2) is 104 Å². The lowest BCUT2D eigenvalue weighted by molar-refractivity contribution is 0.587. The van der Waals surface area contributed by atoms with Crippen LogP contribution >= 0.6 is 0 Å². The Bertz CT molecular complexity index is 2860. The summed E-state index contributed by atoms with van der Waals surface area (Å²) in [5.74, 6) is 3.33. The van der Waals surface area contributed by atoms with E-state index in [1.165, 1.54) is 49.9 Å². The Morgan fingerprint density at radius 1 is 0.609 bits per heavy atom. The molecule has 2 aromatic carbocycles. The fourth-order valence-corrected chi connectivity index (χ4v) is 8.36. The molecule has 0 spiro atoms. The number of aromatic nitrogens is 10. The van der Waals surface area contributed by atoms with Crippen molar-refractivity contribution in [3.05, 3.63) is 127 Å². The number of fused-ring (bicyclic) bond motifs is 2. The van der Waals surface area contributed by atoms with Gasteiger partial charge in [0.2, 0.25) is 11.9 Å². The summed E-state index contributed by atoms with van der Waals surface area (Å²) in [6.45, 7) is 8.90. The second-order valence-corrected chi connectivity index (χ2v) is 16.6. The summed E-state index contributed by atoms with van der Waals surface area (Å²) in [6, 6.07) is 25.5. The molecule has 0 amide bonds. The standard InChI is InChI=1S/C26H30FN7.C23H21FN6/c1-17(2)28-15-13-21-11-12-22-24(30-21)33-25(18-7-9-19(27)10-8-18)34(22)23-14-16-29-26(32-23)31-20-5-3-4-6-20;1-2-17-11-12-19-21(26-17)29-22(15-7-9-16(24)10-8-15)30(19)20-13-14-25-23(28-20)27-18-5-3-4-6-18/h7-12,14,16-17,20,28H,3-6,13,15H2,1-2H3,(H,29,31,32);2,7-14,18H,1,3-6H2,(H,25,27,28). The zero-order valence-electron chi connectivity index (χ0n) is 36.1. The highest BCUT2D eigenvalue weighted by molar-refractivity contribution is 5.82. The molecule has 0 bridgehead atoms. The topological polar surface area (TPSA) is 149 Å². The number of nitrogens with zero attached hydrogens (tertiary/aromatic N) is 10. The molecule has 326 valence electrons. The molecule has 13 nitrogen and oxygen atoms in total. The zero-order valence-corrected chi connectivity index (χ0v) is 36.1. The molecule has 15 heteroatoms. The van der Waals surface area contributed by atoms with E-state index in [0.29, 0.717) is 64.6 Å². The van der Waals surface area contributed by atoms with Crippen molar-refractivity contribution in [3.63, 3.8) is 0 Å². The molecule has 8 aromatic rings. The van der Waals surface area contributed by atoms with E-state index in [4.69, 9.17) is 24.9 Å². The van der Waals surface area contributed by atoms with Crippen molar-refractivity contribution in [2.75, 3.05) is 17.2 Å². The Balaban J connectivity index is 0.000000163. The monoisotopic (exact) mass is 859 g/mol. The van der Waals surface area contributed by atoms with Gasteiger partial charge in [0.1, 0.15) is 34.9 Å². The van der Waals surface area contributed by atoms with Crippen LogP contribution in [-0.4, -0.2) is 73.7 Å². The van der Waals surface area contributed by atoms with Gasteiger partial charge in [0.15, 0.2) is 11.3 Å². The minimum atomic E-state index is -0.293. The maximum absolute atomic E-state index is 13.6. The average molecular weight is 860 g/mol. The number of rotatable bonds is 13. The van der Waals surface area contributed by atoms with E-state index in [0.717, 1.165) is 72.2 Å². The largest absolute Gasteiger partial charge is 0.351 e. The molecule has 64 heavy (non-hydrogen) atoms. The summed E-state index contributed by atoms with van der Waals surface area (Å²) in [7, 11) is 0. The number of benzene rings is 2. The molecule has 10 rings (SSSR count). The molecular formula is C49H51F2N13. The smallest absolute Gasteiger partial charge is 0.224 e. The SMILES string of the molecule is C=Cc1ccc2c(n1)nc(-c1ccc(F)cc1)n2-c1ccnc(NC2CCCC2)n1.CC(C)NCCc1ccc2c(n1)nc(-c1ccc(F)cc1)n2-c1ccnc(NC2CCCC2)n1. The molecule has 3 N–H and O–H groups in total. The first-order valence-electron chi connectivity index (χ1n) is 22.1. The Hall–Kier alpha value is -7.00. The van der Waals surface area contributed by atoms with Gasteiger partial charge in [-0.15, -0.1) is 0 Å². The van der Waals surface area contributed by atoms with Crippen LogP contribution in [-0.2, 0) is 6.42 Å². The zero-order chi connectivity index (χ0) is 44.0. The third kappa shape index (κ3) is 9.64. The van der Waals surface area contributed by atoms with Gasteiger partial charge in [-0.25, -0.2) is 38.7 Å². The maximum Gasteiger partial charge on any atom is 0.224 e. The van der Waals surface area contributed by atoms with Crippen molar-refractivity contribution in [3.8, 4) is 34.4 Å². The molecule has 6 aromatic heterocycles. The van der Waals surface area contributed by atoms with Gasteiger partial charge in [0.25, 0.3) is 0 Å². The van der Waals surface area contributed by atoms with E-state index in [-0.39, 0.29) is 11.6 Å². The lowest BCUT2D eigenvalue weighted by Crippen LogP contribution is -2.25. The molecule has 2 aliphatic rings. The third-order valence-electron chi connectivity index (χ3n) is 11.6. The van der Waals surface area contributed by atoms with Crippen LogP contribution in [0.3, 0.4) is 0 Å². The number of hydrogen-bond donors (Lipinski definition) is 3. The summed E-state index contributed by atoms with van der Waals surface area (Å²) >= 11 is 0. The molecule has 0 saturated heterocycles. The van der Waals surface area contributed by atoms with Crippen LogP contribution in [0.1, 0.15) is 76.6 Å². The van der Waals surface area contributed by atoms with Crippen molar-refractivity contribution < 1.29 is 8.78 Å². The minimum absolute atomic E-state index is 0.283. The van der Waals surface area contributed by atoms with Crippen LogP contribution in [0.5, 0.6) is 0 Å². The van der Waals surface area contributed by atoms with Crippen molar-refractivity contribution in [2.45, 2.75) is 89.8 Å². The lowest BCUT2D eigenvalue weighted by Gasteiger charge is -2.14. The van der Waals surface area contributed by atoms with Crippen LogP contribution in [0.4, 0.5) is 20.7 Å². The maximum atomic E-state index is 13.6. The highest BCUT2D eigenvalue weighted by Gasteiger charge is 2.21. The molecular weight excluding hydrogens is 809 g/mol. The Morgan fingerprint density at radius 3 is 1.58 bits per heavy atom. The van der Waals surface area contributed by atoms with Gasteiger partial charge in [0.05, 0.1) is 16.7 Å². The molecule has 0 aliphatic heterocycles. The first kappa shape index (κ1) is 42.3. The molecule has 2 aliphatic carbocycles. The second kappa shape index (κ2) is 19.2. The molecule has 2 saturated carbocycles. The predicted molar refractivity (Wildman–Crippen MR) is 248 cm³/mol. The number of pyridine rings is 2. The molecule has 6 heterocycles. The van der Waals surface area contributed by atoms with Crippen molar-refractivity contribution >= 4 is 40.3 Å². The number of nitrogens with one attached hydrogen (secondary N) is 3. The Morgan fingerprint density at radius 2 is 1.09 bits per heavy atom. The van der Waals surface area contributed by atoms with Gasteiger partial charge in [-0.1, -0.05) is 46.1 Å². The molecule has 0 unspecified atom stereocenters. The third-order valence-corrected chi connectivity index (χ3v) is 11.6. The number of imidazole rings is 2. The molecule has 2 fully saturated rings. The van der Waals surface area contributed by atoms with Crippen molar-refractivity contribution in [1.29, 1.82) is 0 Å². The molecule has 0 radical (unpaired) electrons.